The second-order valence-corrected chi connectivity index (χ2v) is 10.9. The zero-order chi connectivity index (χ0) is 26.9. The third-order valence-electron chi connectivity index (χ3n) is 8.38. The number of alkyl halides is 3. The number of nitrogens with zero attached hydrogens (tertiary/aromatic N) is 5. The van der Waals surface area contributed by atoms with Crippen molar-refractivity contribution in [3.63, 3.8) is 0 Å². The first-order chi connectivity index (χ1) is 18.7. The summed E-state index contributed by atoms with van der Waals surface area (Å²) in [5, 5.41) is 8.02. The van der Waals surface area contributed by atoms with Crippen LogP contribution in [-0.4, -0.2) is 51.9 Å². The first kappa shape index (κ1) is 24.2. The number of amides is 1. The molecule has 7 rings (SSSR count). The predicted molar refractivity (Wildman–Crippen MR) is 139 cm³/mol. The Balaban J connectivity index is 1.23. The molecule has 8 nitrogen and oxygen atoms in total. The highest BCUT2D eigenvalue weighted by atomic mass is 19.4. The summed E-state index contributed by atoms with van der Waals surface area (Å²) in [7, 11) is 0. The van der Waals surface area contributed by atoms with E-state index in [2.05, 4.69) is 27.3 Å². The molecule has 4 aromatic rings. The summed E-state index contributed by atoms with van der Waals surface area (Å²) in [5.41, 5.74) is 7.37. The Hall–Kier alpha value is -3.86. The molecular formula is C28H27F3N6O2. The van der Waals surface area contributed by atoms with Crippen LogP contribution >= 0.6 is 0 Å². The molecule has 2 fully saturated rings. The predicted octanol–water partition coefficient (Wildman–Crippen LogP) is 4.94. The highest BCUT2D eigenvalue weighted by Gasteiger charge is 2.46. The van der Waals surface area contributed by atoms with E-state index in [1.54, 1.807) is 6.07 Å². The van der Waals surface area contributed by atoms with E-state index in [1.165, 1.54) is 35.4 Å². The molecule has 11 heteroatoms. The van der Waals surface area contributed by atoms with Crippen molar-refractivity contribution in [3.8, 4) is 5.69 Å². The molecule has 2 N–H and O–H groups in total. The largest absolute Gasteiger partial charge is 0.435 e. The summed E-state index contributed by atoms with van der Waals surface area (Å²) in [6.45, 7) is 3.48. The molecule has 0 atom stereocenters. The lowest BCUT2D eigenvalue weighted by atomic mass is 9.94. The monoisotopic (exact) mass is 536 g/mol. The normalized spacial score (nSPS) is 19.2. The van der Waals surface area contributed by atoms with Gasteiger partial charge in [0.05, 0.1) is 11.1 Å². The number of nitrogen functional groups attached to an aromatic ring is 1. The third-order valence-corrected chi connectivity index (χ3v) is 8.38. The number of carbonyl (C=O) groups excluding carboxylic acids is 1. The van der Waals surface area contributed by atoms with Crippen molar-refractivity contribution in [2.24, 2.45) is 0 Å². The maximum Gasteiger partial charge on any atom is 0.435 e. The zero-order valence-corrected chi connectivity index (χ0v) is 21.2. The first-order valence-electron chi connectivity index (χ1n) is 13.2. The summed E-state index contributed by atoms with van der Waals surface area (Å²) >= 11 is 0. The molecule has 2 aromatic carbocycles. The molecule has 202 valence electrons. The van der Waals surface area contributed by atoms with E-state index < -0.39 is 17.8 Å². The van der Waals surface area contributed by atoms with Crippen LogP contribution in [0.5, 0.6) is 0 Å². The molecule has 3 aliphatic rings. The van der Waals surface area contributed by atoms with Gasteiger partial charge in [0.15, 0.2) is 17.1 Å². The summed E-state index contributed by atoms with van der Waals surface area (Å²) in [4.78, 5) is 17.9. The Bertz CT molecular complexity index is 1580. The van der Waals surface area contributed by atoms with E-state index in [0.29, 0.717) is 16.7 Å². The van der Waals surface area contributed by atoms with Crippen molar-refractivity contribution in [1.29, 1.82) is 0 Å². The average Bonchev–Trinajstić information content (AvgIpc) is 3.23. The molecule has 1 aliphatic carbocycles. The van der Waals surface area contributed by atoms with Gasteiger partial charge in [-0.1, -0.05) is 17.3 Å². The Morgan fingerprint density at radius 3 is 2.41 bits per heavy atom. The maximum atomic E-state index is 14.0. The number of halogens is 3. The molecule has 1 amide bonds. The minimum absolute atomic E-state index is 0.0359. The molecule has 1 saturated heterocycles. The molecule has 2 aromatic heterocycles. The molecule has 1 saturated carbocycles. The van der Waals surface area contributed by atoms with Crippen molar-refractivity contribution in [1.82, 2.24) is 19.8 Å². The minimum Gasteiger partial charge on any atom is -0.380 e. The lowest BCUT2D eigenvalue weighted by Crippen LogP contribution is -2.39. The lowest BCUT2D eigenvalue weighted by Gasteiger charge is -2.29. The van der Waals surface area contributed by atoms with Gasteiger partial charge in [-0.25, -0.2) is 4.68 Å². The Morgan fingerprint density at radius 1 is 1.00 bits per heavy atom. The van der Waals surface area contributed by atoms with Crippen LogP contribution < -0.4 is 10.6 Å². The van der Waals surface area contributed by atoms with Gasteiger partial charge < -0.3 is 20.1 Å². The Labute approximate surface area is 222 Å². The number of benzene rings is 2. The zero-order valence-electron chi connectivity index (χ0n) is 21.2. The van der Waals surface area contributed by atoms with Gasteiger partial charge in [-0.3, -0.25) is 4.79 Å². The van der Waals surface area contributed by atoms with Gasteiger partial charge in [0.2, 0.25) is 0 Å². The fraction of sp³-hybridized carbons (Fsp3) is 0.393. The maximum absolute atomic E-state index is 14.0. The van der Waals surface area contributed by atoms with Crippen LogP contribution in [-0.2, 0) is 18.0 Å². The molecular weight excluding hydrogens is 509 g/mol. The quantitative estimate of drug-likeness (QED) is 0.388. The number of carbonyl (C=O) groups is 1. The van der Waals surface area contributed by atoms with Crippen LogP contribution in [0.3, 0.4) is 0 Å². The highest BCUT2D eigenvalue weighted by Crippen LogP contribution is 2.49. The SMILES string of the molecule is Nc1noc2ccc(-n3nc(C(F)(F)F)c4c3C(=O)N(c3ccc(C5(CN6CCCC6)CC5)cc3)CC4)cc12. The number of likely N-dealkylation sites (tertiary alicyclic amines) is 1. The first-order valence-corrected chi connectivity index (χ1v) is 13.2. The van der Waals surface area contributed by atoms with Gasteiger partial charge in [0.1, 0.15) is 5.69 Å². The van der Waals surface area contributed by atoms with Crippen molar-refractivity contribution in [2.45, 2.75) is 43.7 Å². The molecule has 2 aliphatic heterocycles. The van der Waals surface area contributed by atoms with Crippen LogP contribution in [0.15, 0.2) is 47.0 Å². The third kappa shape index (κ3) is 3.98. The van der Waals surface area contributed by atoms with E-state index in [-0.39, 0.29) is 41.1 Å². The van der Waals surface area contributed by atoms with E-state index in [4.69, 9.17) is 10.3 Å². The van der Waals surface area contributed by atoms with Crippen molar-refractivity contribution in [2.75, 3.05) is 36.8 Å². The molecule has 0 radical (unpaired) electrons. The fourth-order valence-corrected chi connectivity index (χ4v) is 6.15. The van der Waals surface area contributed by atoms with Gasteiger partial charge in [0, 0.05) is 29.8 Å². The smallest absolute Gasteiger partial charge is 0.380 e. The van der Waals surface area contributed by atoms with Crippen LogP contribution in [0.2, 0.25) is 0 Å². The van der Waals surface area contributed by atoms with E-state index in [1.807, 2.05) is 12.1 Å². The van der Waals surface area contributed by atoms with Crippen LogP contribution in [0.25, 0.3) is 16.7 Å². The molecule has 39 heavy (non-hydrogen) atoms. The average molecular weight is 537 g/mol. The second-order valence-electron chi connectivity index (χ2n) is 10.9. The van der Waals surface area contributed by atoms with Crippen LogP contribution in [0.4, 0.5) is 24.7 Å². The molecule has 0 spiro atoms. The van der Waals surface area contributed by atoms with E-state index in [9.17, 15) is 18.0 Å². The van der Waals surface area contributed by atoms with Crippen molar-refractivity contribution in [3.05, 3.63) is 65.0 Å². The number of rotatable bonds is 5. The number of hydrogen-bond donors (Lipinski definition) is 1. The van der Waals surface area contributed by atoms with E-state index in [0.717, 1.165) is 37.2 Å². The number of fused-ring (bicyclic) bond motifs is 2. The van der Waals surface area contributed by atoms with Gasteiger partial charge in [-0.05, 0) is 81.1 Å². The standard InChI is InChI=1S/C28H27F3N6O2/c29-28(30,31)24-20-9-14-36(18-5-3-17(4-6-18)27(10-11-27)16-35-12-1-2-13-35)26(38)23(20)37(33-24)19-7-8-22-21(15-19)25(32)34-39-22/h3-8,15H,1-2,9-14,16H2,(H2,32,34). The fourth-order valence-electron chi connectivity index (χ4n) is 6.15. The van der Waals surface area contributed by atoms with Crippen molar-refractivity contribution >= 4 is 28.4 Å². The number of anilines is 2. The lowest BCUT2D eigenvalue weighted by molar-refractivity contribution is -0.141. The highest BCUT2D eigenvalue weighted by molar-refractivity contribution is 6.07. The Kier molecular flexibility index (Phi) is 5.32. The minimum atomic E-state index is -4.70. The number of hydrogen-bond acceptors (Lipinski definition) is 6. The van der Waals surface area contributed by atoms with Crippen LogP contribution in [0, 0.1) is 0 Å². The van der Waals surface area contributed by atoms with Gasteiger partial charge in [-0.15, -0.1) is 0 Å². The van der Waals surface area contributed by atoms with Gasteiger partial charge >= 0.3 is 6.18 Å². The summed E-state index contributed by atoms with van der Waals surface area (Å²) < 4.78 is 48.1. The summed E-state index contributed by atoms with van der Waals surface area (Å²) in [5.74, 6) is -0.418. The topological polar surface area (TPSA) is 93.4 Å². The second kappa shape index (κ2) is 8.57. The molecule has 4 heterocycles. The Morgan fingerprint density at radius 2 is 1.72 bits per heavy atom. The van der Waals surface area contributed by atoms with Crippen LogP contribution in [0.1, 0.15) is 53.0 Å². The van der Waals surface area contributed by atoms with E-state index >= 15 is 0 Å². The number of nitrogens with two attached hydrogens (primary N) is 1. The molecule has 0 unspecified atom stereocenters. The van der Waals surface area contributed by atoms with Crippen molar-refractivity contribution < 1.29 is 22.5 Å². The van der Waals surface area contributed by atoms with Gasteiger partial charge in [0.25, 0.3) is 5.91 Å². The number of aromatic nitrogens is 3. The summed E-state index contributed by atoms with van der Waals surface area (Å²) in [6.07, 6.45) is 0.133. The summed E-state index contributed by atoms with van der Waals surface area (Å²) in [6, 6.07) is 12.6. The molecule has 0 bridgehead atoms. The van der Waals surface area contributed by atoms with Gasteiger partial charge in [-0.2, -0.15) is 18.3 Å².